The Labute approximate surface area is 192 Å². The Morgan fingerprint density at radius 1 is 1.13 bits per heavy atom. The van der Waals surface area contributed by atoms with Crippen molar-refractivity contribution in [2.24, 2.45) is 0 Å². The third-order valence-electron chi connectivity index (χ3n) is 5.61. The van der Waals surface area contributed by atoms with E-state index in [4.69, 9.17) is 9.72 Å². The summed E-state index contributed by atoms with van der Waals surface area (Å²) in [6, 6.07) is 14.4. The van der Waals surface area contributed by atoms with Crippen LogP contribution in [0.4, 0.5) is 5.13 Å². The summed E-state index contributed by atoms with van der Waals surface area (Å²) in [7, 11) is 1.67. The molecule has 2 heterocycles. The van der Waals surface area contributed by atoms with Gasteiger partial charge < -0.3 is 14.5 Å². The molecule has 1 fully saturated rings. The second kappa shape index (κ2) is 9.92. The van der Waals surface area contributed by atoms with E-state index in [2.05, 4.69) is 36.9 Å². The predicted molar refractivity (Wildman–Crippen MR) is 131 cm³/mol. The molecule has 1 aliphatic heterocycles. The topological polar surface area (TPSA) is 45.7 Å². The van der Waals surface area contributed by atoms with Gasteiger partial charge in [-0.15, -0.1) is 11.8 Å². The Hall–Kier alpha value is -2.25. The number of carbonyl (C=O) groups is 1. The minimum Gasteiger partial charge on any atom is -0.497 e. The van der Waals surface area contributed by atoms with Crippen LogP contribution < -0.4 is 9.64 Å². The SMILES string of the molecule is COc1ccc(SCCC(=O)N2CCN(c3nc4c(C(C)C)cccc4s3)CC2)cc1. The number of nitrogens with zero attached hydrogens (tertiary/aromatic N) is 3. The van der Waals surface area contributed by atoms with Gasteiger partial charge in [-0.25, -0.2) is 4.98 Å². The largest absolute Gasteiger partial charge is 0.497 e. The van der Waals surface area contributed by atoms with Crippen molar-refractivity contribution in [2.45, 2.75) is 31.1 Å². The number of rotatable bonds is 7. The number of hydrogen-bond donors (Lipinski definition) is 0. The molecule has 1 saturated heterocycles. The zero-order valence-corrected chi connectivity index (χ0v) is 20.0. The number of ether oxygens (including phenoxy) is 1. The highest BCUT2D eigenvalue weighted by molar-refractivity contribution is 7.99. The second-order valence-corrected chi connectivity index (χ2v) is 10.2. The van der Waals surface area contributed by atoms with E-state index in [1.165, 1.54) is 10.3 Å². The molecule has 1 amide bonds. The van der Waals surface area contributed by atoms with Crippen LogP contribution in [-0.4, -0.2) is 54.8 Å². The Morgan fingerprint density at radius 2 is 1.87 bits per heavy atom. The van der Waals surface area contributed by atoms with Gasteiger partial charge in [0.15, 0.2) is 5.13 Å². The fraction of sp³-hybridized carbons (Fsp3) is 0.417. The maximum Gasteiger partial charge on any atom is 0.223 e. The Morgan fingerprint density at radius 3 is 2.55 bits per heavy atom. The molecule has 1 aromatic heterocycles. The van der Waals surface area contributed by atoms with Gasteiger partial charge in [-0.2, -0.15) is 0 Å². The lowest BCUT2D eigenvalue weighted by molar-refractivity contribution is -0.131. The highest BCUT2D eigenvalue weighted by Gasteiger charge is 2.23. The standard InChI is InChI=1S/C24H29N3O2S2/c1-17(2)20-5-4-6-21-23(20)25-24(31-21)27-14-12-26(13-15-27)22(28)11-16-30-19-9-7-18(29-3)8-10-19/h4-10,17H,11-16H2,1-3H3. The molecule has 0 bridgehead atoms. The lowest BCUT2D eigenvalue weighted by Crippen LogP contribution is -2.48. The maximum absolute atomic E-state index is 12.7. The van der Waals surface area contributed by atoms with Gasteiger partial charge in [0.05, 0.1) is 17.3 Å². The van der Waals surface area contributed by atoms with Crippen LogP contribution in [0.1, 0.15) is 31.7 Å². The summed E-state index contributed by atoms with van der Waals surface area (Å²) in [4.78, 5) is 23.1. The Bertz CT molecular complexity index is 1020. The summed E-state index contributed by atoms with van der Waals surface area (Å²) in [5, 5.41) is 1.07. The van der Waals surface area contributed by atoms with Crippen LogP contribution in [0, 0.1) is 0 Å². The van der Waals surface area contributed by atoms with Crippen LogP contribution >= 0.6 is 23.1 Å². The molecule has 0 radical (unpaired) electrons. The highest BCUT2D eigenvalue weighted by atomic mass is 32.2. The predicted octanol–water partition coefficient (Wildman–Crippen LogP) is 5.26. The summed E-state index contributed by atoms with van der Waals surface area (Å²) in [5.74, 6) is 2.35. The maximum atomic E-state index is 12.7. The van der Waals surface area contributed by atoms with Gasteiger partial charge >= 0.3 is 0 Å². The summed E-state index contributed by atoms with van der Waals surface area (Å²) in [5.41, 5.74) is 2.44. The van der Waals surface area contributed by atoms with E-state index < -0.39 is 0 Å². The van der Waals surface area contributed by atoms with Gasteiger partial charge in [-0.1, -0.05) is 37.3 Å². The number of anilines is 1. The first-order chi connectivity index (χ1) is 15.0. The third-order valence-corrected chi connectivity index (χ3v) is 7.70. The normalized spacial score (nSPS) is 14.5. The number of fused-ring (bicyclic) bond motifs is 1. The van der Waals surface area contributed by atoms with Gasteiger partial charge in [0, 0.05) is 43.2 Å². The van der Waals surface area contributed by atoms with Crippen molar-refractivity contribution in [3.63, 3.8) is 0 Å². The van der Waals surface area contributed by atoms with Gasteiger partial charge in [-0.05, 0) is 41.8 Å². The minimum atomic E-state index is 0.243. The van der Waals surface area contributed by atoms with Crippen molar-refractivity contribution in [1.82, 2.24) is 9.88 Å². The molecule has 3 aromatic rings. The average molecular weight is 456 g/mol. The summed E-state index contributed by atoms with van der Waals surface area (Å²) in [6.07, 6.45) is 0.565. The zero-order chi connectivity index (χ0) is 21.8. The van der Waals surface area contributed by atoms with Crippen LogP contribution in [-0.2, 0) is 4.79 Å². The number of aromatic nitrogens is 1. The van der Waals surface area contributed by atoms with Gasteiger partial charge in [0.1, 0.15) is 5.75 Å². The molecule has 1 aliphatic rings. The number of para-hydroxylation sites is 1. The summed E-state index contributed by atoms with van der Waals surface area (Å²) in [6.45, 7) is 7.64. The number of methoxy groups -OCH3 is 1. The molecular formula is C24H29N3O2S2. The number of piperazine rings is 1. The Kier molecular flexibility index (Phi) is 7.02. The smallest absolute Gasteiger partial charge is 0.223 e. The summed E-state index contributed by atoms with van der Waals surface area (Å²) >= 11 is 3.47. The van der Waals surface area contributed by atoms with E-state index in [0.717, 1.165) is 53.2 Å². The van der Waals surface area contributed by atoms with E-state index in [0.29, 0.717) is 12.3 Å². The van der Waals surface area contributed by atoms with Crippen LogP contribution in [0.25, 0.3) is 10.2 Å². The molecule has 4 rings (SSSR count). The molecular weight excluding hydrogens is 426 g/mol. The van der Waals surface area contributed by atoms with Crippen molar-refractivity contribution in [2.75, 3.05) is 43.9 Å². The van der Waals surface area contributed by atoms with E-state index in [1.807, 2.05) is 29.2 Å². The number of benzene rings is 2. The van der Waals surface area contributed by atoms with Gasteiger partial charge in [0.25, 0.3) is 0 Å². The first kappa shape index (κ1) is 22.0. The van der Waals surface area contributed by atoms with E-state index in [1.54, 1.807) is 30.2 Å². The zero-order valence-electron chi connectivity index (χ0n) is 18.3. The second-order valence-electron chi connectivity index (χ2n) is 7.99. The van der Waals surface area contributed by atoms with E-state index in [-0.39, 0.29) is 5.91 Å². The molecule has 0 unspecified atom stereocenters. The van der Waals surface area contributed by atoms with Crippen molar-refractivity contribution < 1.29 is 9.53 Å². The van der Waals surface area contributed by atoms with Crippen molar-refractivity contribution in [3.05, 3.63) is 48.0 Å². The van der Waals surface area contributed by atoms with E-state index in [9.17, 15) is 4.79 Å². The molecule has 0 N–H and O–H groups in total. The number of hydrogen-bond acceptors (Lipinski definition) is 6. The minimum absolute atomic E-state index is 0.243. The number of thiazole rings is 1. The molecule has 0 atom stereocenters. The Balaban J connectivity index is 1.28. The number of amides is 1. The molecule has 0 aliphatic carbocycles. The highest BCUT2D eigenvalue weighted by Crippen LogP contribution is 2.33. The number of thioether (sulfide) groups is 1. The summed E-state index contributed by atoms with van der Waals surface area (Å²) < 4.78 is 6.43. The fourth-order valence-corrected chi connectivity index (χ4v) is 5.69. The molecule has 164 valence electrons. The van der Waals surface area contributed by atoms with Crippen LogP contribution in [0.3, 0.4) is 0 Å². The van der Waals surface area contributed by atoms with Crippen molar-refractivity contribution in [1.29, 1.82) is 0 Å². The monoisotopic (exact) mass is 455 g/mol. The lowest BCUT2D eigenvalue weighted by Gasteiger charge is -2.34. The first-order valence-corrected chi connectivity index (χ1v) is 12.5. The quantitative estimate of drug-likeness (QED) is 0.455. The van der Waals surface area contributed by atoms with Crippen molar-refractivity contribution in [3.8, 4) is 5.75 Å². The van der Waals surface area contributed by atoms with Crippen LogP contribution in [0.15, 0.2) is 47.4 Å². The number of carbonyl (C=O) groups excluding carboxylic acids is 1. The molecule has 0 saturated carbocycles. The third kappa shape index (κ3) is 5.15. The molecule has 2 aromatic carbocycles. The lowest BCUT2D eigenvalue weighted by atomic mass is 10.0. The van der Waals surface area contributed by atoms with Crippen molar-refractivity contribution >= 4 is 44.4 Å². The fourth-order valence-electron chi connectivity index (χ4n) is 3.79. The van der Waals surface area contributed by atoms with Crippen LogP contribution in [0.5, 0.6) is 5.75 Å². The van der Waals surface area contributed by atoms with Gasteiger partial charge in [0.2, 0.25) is 5.91 Å². The molecule has 5 nitrogen and oxygen atoms in total. The average Bonchev–Trinajstić information content (AvgIpc) is 3.24. The first-order valence-electron chi connectivity index (χ1n) is 10.7. The van der Waals surface area contributed by atoms with Gasteiger partial charge in [-0.3, -0.25) is 4.79 Å². The molecule has 0 spiro atoms. The molecule has 31 heavy (non-hydrogen) atoms. The van der Waals surface area contributed by atoms with E-state index >= 15 is 0 Å². The molecule has 7 heteroatoms. The van der Waals surface area contributed by atoms with Crippen LogP contribution in [0.2, 0.25) is 0 Å².